The van der Waals surface area contributed by atoms with Gasteiger partial charge in [0.25, 0.3) is 0 Å². The highest BCUT2D eigenvalue weighted by molar-refractivity contribution is 7.99. The van der Waals surface area contributed by atoms with Crippen LogP contribution in [-0.4, -0.2) is 53.1 Å². The molecule has 0 aromatic rings. The molecule has 2 heterocycles. The molecular formula is C16H28N2O3S. The lowest BCUT2D eigenvalue weighted by molar-refractivity contribution is -0.127. The van der Waals surface area contributed by atoms with E-state index in [0.29, 0.717) is 19.1 Å². The van der Waals surface area contributed by atoms with Crippen molar-refractivity contribution in [1.29, 1.82) is 0 Å². The first-order valence-electron chi connectivity index (χ1n) is 8.21. The summed E-state index contributed by atoms with van der Waals surface area (Å²) in [5, 5.41) is 3.17. The van der Waals surface area contributed by atoms with Gasteiger partial charge < -0.3 is 15.0 Å². The molecule has 2 rings (SSSR count). The third-order valence-electron chi connectivity index (χ3n) is 4.01. The number of nitrogens with zero attached hydrogens (tertiary/aromatic N) is 1. The third kappa shape index (κ3) is 5.38. The van der Waals surface area contributed by atoms with Gasteiger partial charge in [-0.05, 0) is 58.0 Å². The molecule has 22 heavy (non-hydrogen) atoms. The van der Waals surface area contributed by atoms with E-state index in [4.69, 9.17) is 4.74 Å². The Morgan fingerprint density at radius 1 is 1.18 bits per heavy atom. The molecule has 0 bridgehead atoms. The minimum atomic E-state index is -0.494. The standard InChI is InChI=1S/C16H28N2O3S/c1-16(2,3)21-15(20)18-8-4-5-12(11-18)14(19)17-13-6-9-22-10-7-13/h12-13H,4-11H2,1-3H3,(H,17,19)/t12-/m0/s1. The van der Waals surface area contributed by atoms with Crippen LogP contribution < -0.4 is 5.32 Å². The minimum Gasteiger partial charge on any atom is -0.444 e. The van der Waals surface area contributed by atoms with E-state index in [1.165, 1.54) is 0 Å². The Morgan fingerprint density at radius 2 is 1.86 bits per heavy atom. The maximum Gasteiger partial charge on any atom is 0.410 e. The summed E-state index contributed by atoms with van der Waals surface area (Å²) >= 11 is 1.95. The molecule has 0 aromatic heterocycles. The molecule has 6 heteroatoms. The molecule has 0 radical (unpaired) electrons. The van der Waals surface area contributed by atoms with Crippen LogP contribution in [0.15, 0.2) is 0 Å². The van der Waals surface area contributed by atoms with Crippen LogP contribution in [0.1, 0.15) is 46.5 Å². The SMILES string of the molecule is CC(C)(C)OC(=O)N1CCC[C@H](C(=O)NC2CCSCC2)C1. The lowest BCUT2D eigenvalue weighted by Crippen LogP contribution is -2.49. The number of nitrogens with one attached hydrogen (secondary N) is 1. The molecular weight excluding hydrogens is 300 g/mol. The lowest BCUT2D eigenvalue weighted by Gasteiger charge is -2.34. The van der Waals surface area contributed by atoms with Crippen molar-refractivity contribution in [3.8, 4) is 0 Å². The van der Waals surface area contributed by atoms with Gasteiger partial charge in [-0.2, -0.15) is 11.8 Å². The maximum atomic E-state index is 12.4. The Morgan fingerprint density at radius 3 is 2.50 bits per heavy atom. The fourth-order valence-corrected chi connectivity index (χ4v) is 3.95. The number of piperidine rings is 1. The van der Waals surface area contributed by atoms with Crippen LogP contribution in [-0.2, 0) is 9.53 Å². The van der Waals surface area contributed by atoms with Crippen LogP contribution in [0.25, 0.3) is 0 Å². The molecule has 2 aliphatic heterocycles. The zero-order chi connectivity index (χ0) is 16.2. The molecule has 126 valence electrons. The van der Waals surface area contributed by atoms with E-state index in [2.05, 4.69) is 5.32 Å². The number of thioether (sulfide) groups is 1. The monoisotopic (exact) mass is 328 g/mol. The molecule has 1 N–H and O–H groups in total. The summed E-state index contributed by atoms with van der Waals surface area (Å²) in [6.07, 6.45) is 3.52. The van der Waals surface area contributed by atoms with Gasteiger partial charge in [-0.15, -0.1) is 0 Å². The van der Waals surface area contributed by atoms with E-state index in [9.17, 15) is 9.59 Å². The largest absolute Gasteiger partial charge is 0.444 e. The van der Waals surface area contributed by atoms with Crippen molar-refractivity contribution in [2.24, 2.45) is 5.92 Å². The molecule has 2 fully saturated rings. The van der Waals surface area contributed by atoms with E-state index in [0.717, 1.165) is 37.2 Å². The highest BCUT2D eigenvalue weighted by atomic mass is 32.2. The summed E-state index contributed by atoms with van der Waals surface area (Å²) in [7, 11) is 0. The number of carbonyl (C=O) groups excluding carboxylic acids is 2. The molecule has 2 aliphatic rings. The Bertz CT molecular complexity index is 403. The van der Waals surface area contributed by atoms with Gasteiger partial charge in [0.1, 0.15) is 5.60 Å². The smallest absolute Gasteiger partial charge is 0.410 e. The van der Waals surface area contributed by atoms with Gasteiger partial charge in [-0.25, -0.2) is 4.79 Å². The van der Waals surface area contributed by atoms with Crippen LogP contribution in [0.2, 0.25) is 0 Å². The zero-order valence-electron chi connectivity index (χ0n) is 13.9. The number of carbonyl (C=O) groups is 2. The van der Waals surface area contributed by atoms with Crippen LogP contribution in [0.5, 0.6) is 0 Å². The van der Waals surface area contributed by atoms with Crippen LogP contribution in [0, 0.1) is 5.92 Å². The van der Waals surface area contributed by atoms with E-state index in [1.54, 1.807) is 4.90 Å². The average Bonchev–Trinajstić information content (AvgIpc) is 2.46. The Hall–Kier alpha value is -0.910. The van der Waals surface area contributed by atoms with Gasteiger partial charge in [-0.1, -0.05) is 0 Å². The molecule has 1 atom stereocenters. The minimum absolute atomic E-state index is 0.101. The first kappa shape index (κ1) is 17.4. The van der Waals surface area contributed by atoms with Crippen molar-refractivity contribution in [2.45, 2.75) is 58.1 Å². The summed E-state index contributed by atoms with van der Waals surface area (Å²) in [6, 6.07) is 0.311. The summed E-state index contributed by atoms with van der Waals surface area (Å²) in [4.78, 5) is 26.2. The second-order valence-electron chi connectivity index (χ2n) is 7.16. The Kier molecular flexibility index (Phi) is 6.01. The Balaban J connectivity index is 1.84. The van der Waals surface area contributed by atoms with Gasteiger partial charge in [0.15, 0.2) is 0 Å². The molecule has 0 spiro atoms. The number of rotatable bonds is 2. The topological polar surface area (TPSA) is 58.6 Å². The van der Waals surface area contributed by atoms with Crippen molar-refractivity contribution in [3.63, 3.8) is 0 Å². The molecule has 5 nitrogen and oxygen atoms in total. The molecule has 0 saturated carbocycles. The molecule has 0 aliphatic carbocycles. The van der Waals surface area contributed by atoms with Crippen molar-refractivity contribution >= 4 is 23.8 Å². The summed E-state index contributed by atoms with van der Waals surface area (Å²) in [5.41, 5.74) is -0.494. The van der Waals surface area contributed by atoms with Crippen molar-refractivity contribution in [2.75, 3.05) is 24.6 Å². The second kappa shape index (κ2) is 7.57. The summed E-state index contributed by atoms with van der Waals surface area (Å²) < 4.78 is 5.41. The Labute approximate surface area is 137 Å². The van der Waals surface area contributed by atoms with Crippen LogP contribution in [0.4, 0.5) is 4.79 Å². The first-order chi connectivity index (χ1) is 10.3. The number of ether oxygens (including phenoxy) is 1. The molecule has 0 aromatic carbocycles. The van der Waals surface area contributed by atoms with Crippen molar-refractivity contribution in [3.05, 3.63) is 0 Å². The average molecular weight is 328 g/mol. The summed E-state index contributed by atoms with van der Waals surface area (Å²) in [5.74, 6) is 2.25. The van der Waals surface area contributed by atoms with E-state index in [1.807, 2.05) is 32.5 Å². The van der Waals surface area contributed by atoms with Gasteiger partial charge in [0.2, 0.25) is 5.91 Å². The van der Waals surface area contributed by atoms with E-state index >= 15 is 0 Å². The van der Waals surface area contributed by atoms with Gasteiger partial charge in [0, 0.05) is 19.1 Å². The zero-order valence-corrected chi connectivity index (χ0v) is 14.7. The number of hydrogen-bond acceptors (Lipinski definition) is 4. The molecule has 2 amide bonds. The number of likely N-dealkylation sites (tertiary alicyclic amines) is 1. The molecule has 0 unspecified atom stereocenters. The van der Waals surface area contributed by atoms with E-state index < -0.39 is 5.60 Å². The highest BCUT2D eigenvalue weighted by Gasteiger charge is 2.31. The normalized spacial score (nSPS) is 24.0. The molecule has 2 saturated heterocycles. The van der Waals surface area contributed by atoms with Crippen LogP contribution in [0.3, 0.4) is 0 Å². The quantitative estimate of drug-likeness (QED) is 0.846. The maximum absolute atomic E-state index is 12.4. The number of amides is 2. The van der Waals surface area contributed by atoms with E-state index in [-0.39, 0.29) is 17.9 Å². The lowest BCUT2D eigenvalue weighted by atomic mass is 9.96. The van der Waals surface area contributed by atoms with Crippen LogP contribution >= 0.6 is 11.8 Å². The van der Waals surface area contributed by atoms with Crippen molar-refractivity contribution < 1.29 is 14.3 Å². The predicted octanol–water partition coefficient (Wildman–Crippen LogP) is 2.65. The fourth-order valence-electron chi connectivity index (χ4n) is 2.84. The first-order valence-corrected chi connectivity index (χ1v) is 9.36. The fraction of sp³-hybridized carbons (Fsp3) is 0.875. The van der Waals surface area contributed by atoms with Gasteiger partial charge >= 0.3 is 6.09 Å². The predicted molar refractivity (Wildman–Crippen MR) is 89.0 cm³/mol. The summed E-state index contributed by atoms with van der Waals surface area (Å²) in [6.45, 7) is 6.74. The second-order valence-corrected chi connectivity index (χ2v) is 8.39. The van der Waals surface area contributed by atoms with Crippen molar-refractivity contribution in [1.82, 2.24) is 10.2 Å². The third-order valence-corrected chi connectivity index (χ3v) is 5.06. The van der Waals surface area contributed by atoms with Gasteiger partial charge in [-0.3, -0.25) is 4.79 Å². The van der Waals surface area contributed by atoms with Gasteiger partial charge in [0.05, 0.1) is 5.92 Å². The number of hydrogen-bond donors (Lipinski definition) is 1. The highest BCUT2D eigenvalue weighted by Crippen LogP contribution is 2.21.